The highest BCUT2D eigenvalue weighted by Crippen LogP contribution is 2.69. The summed E-state index contributed by atoms with van der Waals surface area (Å²) in [5.41, 5.74) is 2.46. The molecule has 0 aliphatic heterocycles. The van der Waals surface area contributed by atoms with E-state index in [-0.39, 0.29) is 0 Å². The zero-order valence-electron chi connectivity index (χ0n) is 13.0. The molecule has 0 bridgehead atoms. The lowest BCUT2D eigenvalue weighted by atomic mass is 10.0. The smallest absolute Gasteiger partial charge is 0.160 e. The molecule has 1 aliphatic carbocycles. The van der Waals surface area contributed by atoms with Crippen molar-refractivity contribution in [3.05, 3.63) is 23.1 Å². The third-order valence-electron chi connectivity index (χ3n) is 5.63. The van der Waals surface area contributed by atoms with Crippen LogP contribution in [0.5, 0.6) is 0 Å². The summed E-state index contributed by atoms with van der Waals surface area (Å²) in [7, 11) is 0. The highest BCUT2D eigenvalue weighted by atomic mass is 35.5. The Bertz CT molecular complexity index is 674. The van der Waals surface area contributed by atoms with Gasteiger partial charge in [0.05, 0.1) is 5.02 Å². The van der Waals surface area contributed by atoms with Crippen LogP contribution in [-0.4, -0.2) is 20.4 Å². The van der Waals surface area contributed by atoms with Crippen LogP contribution < -0.4 is 0 Å². The van der Waals surface area contributed by atoms with E-state index in [9.17, 15) is 0 Å². The third kappa shape index (κ3) is 2.25. The van der Waals surface area contributed by atoms with Crippen LogP contribution >= 0.6 is 23.2 Å². The number of pyridine rings is 1. The molecule has 5 heteroatoms. The monoisotopic (exact) mass is 325 g/mol. The van der Waals surface area contributed by atoms with Gasteiger partial charge in [0.2, 0.25) is 0 Å². The van der Waals surface area contributed by atoms with E-state index in [1.165, 1.54) is 0 Å². The topological polar surface area (TPSA) is 30.7 Å². The molecular weight excluding hydrogens is 305 g/mol. The van der Waals surface area contributed by atoms with Crippen molar-refractivity contribution in [2.45, 2.75) is 40.7 Å². The van der Waals surface area contributed by atoms with Gasteiger partial charge >= 0.3 is 0 Å². The summed E-state index contributed by atoms with van der Waals surface area (Å²) in [5, 5.41) is 0.622. The summed E-state index contributed by atoms with van der Waals surface area (Å²) in [6, 6.07) is 1.88. The largest absolute Gasteiger partial charge is 0.312 e. The molecule has 3 nitrogen and oxygen atoms in total. The normalized spacial score (nSPS) is 20.1. The number of aryl methyl sites for hydroxylation is 1. The van der Waals surface area contributed by atoms with E-state index in [0.717, 1.165) is 30.0 Å². The summed E-state index contributed by atoms with van der Waals surface area (Å²) in [6.45, 7) is 10.3. The van der Waals surface area contributed by atoms with E-state index in [4.69, 9.17) is 23.2 Å². The van der Waals surface area contributed by atoms with Crippen molar-refractivity contribution in [1.82, 2.24) is 14.5 Å². The quantitative estimate of drug-likeness (QED) is 0.772. The van der Waals surface area contributed by atoms with Gasteiger partial charge in [0, 0.05) is 25.0 Å². The lowest BCUT2D eigenvalue weighted by molar-refractivity contribution is 0.457. The number of aromatic nitrogens is 3. The second-order valence-corrected chi connectivity index (χ2v) is 7.88. The fourth-order valence-electron chi connectivity index (χ4n) is 3.47. The Balaban J connectivity index is 2.02. The first-order valence-electron chi connectivity index (χ1n) is 7.35. The highest BCUT2D eigenvalue weighted by Gasteiger charge is 2.64. The second-order valence-electron chi connectivity index (χ2n) is 7.07. The van der Waals surface area contributed by atoms with Gasteiger partial charge in [0.25, 0.3) is 0 Å². The predicted octanol–water partition coefficient (Wildman–Crippen LogP) is 4.55. The van der Waals surface area contributed by atoms with Gasteiger partial charge in [-0.1, -0.05) is 39.3 Å². The minimum atomic E-state index is 0.342. The number of halogens is 2. The van der Waals surface area contributed by atoms with E-state index in [1.807, 2.05) is 6.07 Å². The lowest BCUT2D eigenvalue weighted by Crippen LogP contribution is -2.09. The Hall–Kier alpha value is -0.800. The van der Waals surface area contributed by atoms with E-state index < -0.39 is 0 Å². The van der Waals surface area contributed by atoms with Gasteiger partial charge in [-0.05, 0) is 22.8 Å². The lowest BCUT2D eigenvalue weighted by Gasteiger charge is -2.09. The molecule has 0 saturated heterocycles. The number of alkyl halides is 1. The van der Waals surface area contributed by atoms with Gasteiger partial charge in [-0.3, -0.25) is 0 Å². The summed E-state index contributed by atoms with van der Waals surface area (Å²) < 4.78 is 2.23. The molecule has 114 valence electrons. The average molecular weight is 326 g/mol. The first kappa shape index (κ1) is 15.1. The van der Waals surface area contributed by atoms with Crippen molar-refractivity contribution in [3.8, 4) is 0 Å². The van der Waals surface area contributed by atoms with Gasteiger partial charge in [-0.15, -0.1) is 11.6 Å². The summed E-state index contributed by atoms with van der Waals surface area (Å²) >= 11 is 12.0. The molecule has 1 fully saturated rings. The second kappa shape index (κ2) is 4.85. The molecule has 0 spiro atoms. The Labute approximate surface area is 135 Å². The predicted molar refractivity (Wildman–Crippen MR) is 88.0 cm³/mol. The molecule has 2 aromatic heterocycles. The SMILES string of the molecule is CC1(C)C(Cn2c(CCCl)nc3cc(Cl)cnc32)C1(C)C. The highest BCUT2D eigenvalue weighted by molar-refractivity contribution is 6.31. The molecule has 2 heterocycles. The fourth-order valence-corrected chi connectivity index (χ4v) is 3.79. The van der Waals surface area contributed by atoms with Gasteiger partial charge < -0.3 is 4.57 Å². The molecule has 21 heavy (non-hydrogen) atoms. The number of imidazole rings is 1. The van der Waals surface area contributed by atoms with Crippen molar-refractivity contribution in [2.24, 2.45) is 16.7 Å². The van der Waals surface area contributed by atoms with Crippen molar-refractivity contribution >= 4 is 34.4 Å². The molecular formula is C16H21Cl2N3. The van der Waals surface area contributed by atoms with Gasteiger partial charge in [-0.2, -0.15) is 0 Å². The van der Waals surface area contributed by atoms with Crippen molar-refractivity contribution in [2.75, 3.05) is 5.88 Å². The van der Waals surface area contributed by atoms with Crippen molar-refractivity contribution in [1.29, 1.82) is 0 Å². The van der Waals surface area contributed by atoms with Crippen LogP contribution in [0.4, 0.5) is 0 Å². The van der Waals surface area contributed by atoms with Crippen molar-refractivity contribution in [3.63, 3.8) is 0 Å². The molecule has 0 radical (unpaired) electrons. The summed E-state index contributed by atoms with van der Waals surface area (Å²) in [4.78, 5) is 9.16. The van der Waals surface area contributed by atoms with E-state index in [0.29, 0.717) is 27.7 Å². The maximum Gasteiger partial charge on any atom is 0.160 e. The Morgan fingerprint density at radius 3 is 2.48 bits per heavy atom. The molecule has 0 unspecified atom stereocenters. The van der Waals surface area contributed by atoms with Crippen LogP contribution in [0.15, 0.2) is 12.3 Å². The van der Waals surface area contributed by atoms with Crippen LogP contribution in [0, 0.1) is 16.7 Å². The molecule has 1 aliphatic rings. The van der Waals surface area contributed by atoms with E-state index in [1.54, 1.807) is 6.20 Å². The summed E-state index contributed by atoms with van der Waals surface area (Å²) in [6.07, 6.45) is 2.44. The van der Waals surface area contributed by atoms with Crippen LogP contribution in [0.2, 0.25) is 5.02 Å². The van der Waals surface area contributed by atoms with Crippen molar-refractivity contribution < 1.29 is 0 Å². The maximum absolute atomic E-state index is 6.03. The number of hydrogen-bond donors (Lipinski definition) is 0. The summed E-state index contributed by atoms with van der Waals surface area (Å²) in [5.74, 6) is 2.19. The Morgan fingerprint density at radius 2 is 1.90 bits per heavy atom. The average Bonchev–Trinajstić information content (AvgIpc) is 2.68. The Morgan fingerprint density at radius 1 is 1.24 bits per heavy atom. The number of nitrogens with zero attached hydrogens (tertiary/aromatic N) is 3. The van der Waals surface area contributed by atoms with Crippen LogP contribution in [0.3, 0.4) is 0 Å². The number of rotatable bonds is 4. The molecule has 3 rings (SSSR count). The molecule has 0 amide bonds. The fraction of sp³-hybridized carbons (Fsp3) is 0.625. The third-order valence-corrected chi connectivity index (χ3v) is 6.03. The number of fused-ring (bicyclic) bond motifs is 1. The van der Waals surface area contributed by atoms with E-state index in [2.05, 4.69) is 42.2 Å². The molecule has 0 atom stereocenters. The first-order valence-corrected chi connectivity index (χ1v) is 8.27. The van der Waals surface area contributed by atoms with Gasteiger partial charge in [-0.25, -0.2) is 9.97 Å². The van der Waals surface area contributed by atoms with Crippen LogP contribution in [-0.2, 0) is 13.0 Å². The standard InChI is InChI=1S/C16H21Cl2N3/c1-15(2)12(16(15,3)4)9-21-13(5-6-17)20-11-7-10(18)8-19-14(11)21/h7-8,12H,5-6,9H2,1-4H3. The van der Waals surface area contributed by atoms with Gasteiger partial charge in [0.15, 0.2) is 5.65 Å². The van der Waals surface area contributed by atoms with Crippen LogP contribution in [0.25, 0.3) is 11.2 Å². The molecule has 0 N–H and O–H groups in total. The first-order chi connectivity index (χ1) is 9.79. The molecule has 2 aromatic rings. The minimum absolute atomic E-state index is 0.342. The minimum Gasteiger partial charge on any atom is -0.312 e. The molecule has 1 saturated carbocycles. The van der Waals surface area contributed by atoms with E-state index >= 15 is 0 Å². The maximum atomic E-state index is 6.03. The molecule has 0 aromatic carbocycles. The number of hydrogen-bond acceptors (Lipinski definition) is 2. The van der Waals surface area contributed by atoms with Crippen LogP contribution in [0.1, 0.15) is 33.5 Å². The zero-order chi connectivity index (χ0) is 15.4. The van der Waals surface area contributed by atoms with Gasteiger partial charge in [0.1, 0.15) is 11.3 Å². The zero-order valence-corrected chi connectivity index (χ0v) is 14.5. The Kier molecular flexibility index (Phi) is 3.49.